The van der Waals surface area contributed by atoms with E-state index in [1.807, 2.05) is 0 Å². The first-order valence-corrected chi connectivity index (χ1v) is 13.7. The van der Waals surface area contributed by atoms with Crippen LogP contribution in [0, 0.1) is 18.2 Å². The van der Waals surface area contributed by atoms with Gasteiger partial charge in [-0.2, -0.15) is 0 Å². The summed E-state index contributed by atoms with van der Waals surface area (Å²) in [5.41, 5.74) is 0.612. The molecule has 2 aromatic heterocycles. The molecule has 2 aliphatic heterocycles. The van der Waals surface area contributed by atoms with E-state index < -0.39 is 53.0 Å². The molecule has 1 aliphatic carbocycles. The number of carbonyl (C=O) groups is 2. The first kappa shape index (κ1) is 27.5. The van der Waals surface area contributed by atoms with Crippen LogP contribution in [0.3, 0.4) is 0 Å². The number of cyclic esters (lactones) is 1. The second-order valence-electron chi connectivity index (χ2n) is 12.0. The summed E-state index contributed by atoms with van der Waals surface area (Å²) in [6, 6.07) is 2.35. The number of aliphatic hydroxyl groups is 3. The number of nitrogens with one attached hydrogen (secondary N) is 1. The number of nitrogens with zero attached hydrogens (tertiary/aromatic N) is 2. The Morgan fingerprint density at radius 3 is 2.71 bits per heavy atom. The van der Waals surface area contributed by atoms with Crippen LogP contribution in [0.25, 0.3) is 22.3 Å². The number of aromatic nitrogens is 2. The van der Waals surface area contributed by atoms with Crippen molar-refractivity contribution in [2.45, 2.75) is 77.9 Å². The van der Waals surface area contributed by atoms with E-state index in [2.05, 4.69) is 5.32 Å². The number of rotatable bonds is 5. The zero-order valence-corrected chi connectivity index (χ0v) is 23.3. The van der Waals surface area contributed by atoms with Crippen LogP contribution in [0.2, 0.25) is 0 Å². The Labute approximate surface area is 234 Å². The van der Waals surface area contributed by atoms with E-state index >= 15 is 4.39 Å². The first-order valence-electron chi connectivity index (χ1n) is 13.7. The van der Waals surface area contributed by atoms with E-state index in [0.717, 1.165) is 5.56 Å². The summed E-state index contributed by atoms with van der Waals surface area (Å²) >= 11 is 0. The van der Waals surface area contributed by atoms with E-state index in [1.54, 1.807) is 33.8 Å². The van der Waals surface area contributed by atoms with Gasteiger partial charge in [-0.05, 0) is 48.9 Å². The highest BCUT2D eigenvalue weighted by Crippen LogP contribution is 2.46. The second kappa shape index (κ2) is 9.17. The van der Waals surface area contributed by atoms with Gasteiger partial charge in [0.05, 0.1) is 41.7 Å². The van der Waals surface area contributed by atoms with Crippen molar-refractivity contribution in [3.8, 4) is 11.4 Å². The summed E-state index contributed by atoms with van der Waals surface area (Å²) in [5.74, 6) is -1.90. The number of pyridine rings is 2. The van der Waals surface area contributed by atoms with Crippen LogP contribution < -0.4 is 10.9 Å². The fraction of sp³-hybridized carbons (Fsp3) is 0.467. The molecular formula is C30H32FN3O7. The van der Waals surface area contributed by atoms with Gasteiger partial charge in [0, 0.05) is 28.0 Å². The molecule has 0 saturated carbocycles. The smallest absolute Gasteiger partial charge is 0.343 e. The Morgan fingerprint density at radius 2 is 2.02 bits per heavy atom. The molecule has 1 aromatic carbocycles. The van der Waals surface area contributed by atoms with Gasteiger partial charge in [-0.15, -0.1) is 0 Å². The highest BCUT2D eigenvalue weighted by molar-refractivity contribution is 5.94. The van der Waals surface area contributed by atoms with Crippen molar-refractivity contribution in [2.24, 2.45) is 5.41 Å². The molecule has 0 radical (unpaired) electrons. The van der Waals surface area contributed by atoms with Crippen LogP contribution in [-0.2, 0) is 39.5 Å². The molecule has 6 rings (SSSR count). The van der Waals surface area contributed by atoms with Crippen molar-refractivity contribution in [2.75, 3.05) is 6.61 Å². The molecule has 0 saturated heterocycles. The Bertz CT molecular complexity index is 1730. The van der Waals surface area contributed by atoms with Gasteiger partial charge in [0.1, 0.15) is 18.5 Å². The lowest BCUT2D eigenvalue weighted by atomic mass is 9.81. The Balaban J connectivity index is 1.58. The molecule has 3 atom stereocenters. The molecule has 41 heavy (non-hydrogen) atoms. The third-order valence-corrected chi connectivity index (χ3v) is 9.09. The Hall–Kier alpha value is -3.67. The maximum atomic E-state index is 15.1. The monoisotopic (exact) mass is 565 g/mol. The number of carbonyl (C=O) groups excluding carboxylic acids is 2. The fourth-order valence-corrected chi connectivity index (χ4v) is 6.39. The average molecular weight is 566 g/mol. The van der Waals surface area contributed by atoms with Crippen molar-refractivity contribution in [1.29, 1.82) is 0 Å². The first-order chi connectivity index (χ1) is 19.3. The number of esters is 1. The van der Waals surface area contributed by atoms with Crippen LogP contribution in [0.5, 0.6) is 0 Å². The molecule has 10 nitrogen and oxygen atoms in total. The number of ether oxygens (including phenoxy) is 1. The standard InChI is InChI=1S/C30H32FN3O7/c1-5-30(40)17-8-21-24-15(10-34(21)27(38)16(17)11-41-28(30)39)23-19(33-26(37)25(36)29(3,4)12-35)7-6-14-13(2)18(31)9-20(32-24)22(14)23/h8-9,19,25,35-36,40H,5-7,10-12H2,1-4H3,(H,33,37). The molecule has 0 bridgehead atoms. The molecule has 3 aliphatic rings. The van der Waals surface area contributed by atoms with Crippen LogP contribution >= 0.6 is 0 Å². The number of hydrogen-bond donors (Lipinski definition) is 4. The maximum absolute atomic E-state index is 15.1. The SMILES string of the molecule is CCC1(O)C(=O)OCc2c1cc1n(c2=O)Cc2c-1nc1cc(F)c(C)c3c1c2C(NC(=O)C(O)C(C)(C)CO)CC3. The number of halogens is 1. The summed E-state index contributed by atoms with van der Waals surface area (Å²) in [5, 5.41) is 35.2. The fourth-order valence-electron chi connectivity index (χ4n) is 6.39. The van der Waals surface area contributed by atoms with Crippen LogP contribution in [-0.4, -0.2) is 49.5 Å². The van der Waals surface area contributed by atoms with Gasteiger partial charge in [0.25, 0.3) is 5.56 Å². The number of aryl methyl sites for hydroxylation is 1. The Kier molecular flexibility index (Phi) is 6.15. The Morgan fingerprint density at radius 1 is 1.29 bits per heavy atom. The van der Waals surface area contributed by atoms with Crippen LogP contribution in [0.4, 0.5) is 4.39 Å². The van der Waals surface area contributed by atoms with Gasteiger partial charge in [-0.1, -0.05) is 20.8 Å². The molecule has 4 heterocycles. The lowest BCUT2D eigenvalue weighted by Crippen LogP contribution is -2.47. The largest absolute Gasteiger partial charge is 0.458 e. The molecule has 11 heteroatoms. The van der Waals surface area contributed by atoms with E-state index in [1.165, 1.54) is 10.6 Å². The molecule has 0 spiro atoms. The highest BCUT2D eigenvalue weighted by Gasteiger charge is 2.46. The predicted molar refractivity (Wildman–Crippen MR) is 145 cm³/mol. The normalized spacial score (nSPS) is 21.7. The lowest BCUT2D eigenvalue weighted by molar-refractivity contribution is -0.172. The molecule has 4 N–H and O–H groups in total. The maximum Gasteiger partial charge on any atom is 0.343 e. The minimum Gasteiger partial charge on any atom is -0.458 e. The van der Waals surface area contributed by atoms with Crippen molar-refractivity contribution in [1.82, 2.24) is 14.9 Å². The summed E-state index contributed by atoms with van der Waals surface area (Å²) in [6.45, 7) is 5.93. The number of benzene rings is 1. The minimum absolute atomic E-state index is 0.000545. The molecule has 0 fully saturated rings. The van der Waals surface area contributed by atoms with Crippen molar-refractivity contribution < 1.29 is 34.0 Å². The van der Waals surface area contributed by atoms with E-state index in [9.17, 15) is 29.7 Å². The highest BCUT2D eigenvalue weighted by atomic mass is 19.1. The molecular weight excluding hydrogens is 533 g/mol. The van der Waals surface area contributed by atoms with Crippen molar-refractivity contribution >= 4 is 22.8 Å². The summed E-state index contributed by atoms with van der Waals surface area (Å²) in [4.78, 5) is 44.2. The zero-order chi connectivity index (χ0) is 29.6. The second-order valence-corrected chi connectivity index (χ2v) is 12.0. The molecule has 3 aromatic rings. The predicted octanol–water partition coefficient (Wildman–Crippen LogP) is 2.01. The van der Waals surface area contributed by atoms with Crippen molar-refractivity contribution in [3.05, 3.63) is 61.7 Å². The van der Waals surface area contributed by atoms with Crippen LogP contribution in [0.1, 0.15) is 73.0 Å². The number of fused-ring (bicyclic) bond motifs is 5. The summed E-state index contributed by atoms with van der Waals surface area (Å²) < 4.78 is 21.7. The number of amides is 1. The van der Waals surface area contributed by atoms with Gasteiger partial charge < -0.3 is 29.9 Å². The number of hydrogen-bond acceptors (Lipinski definition) is 8. The third-order valence-electron chi connectivity index (χ3n) is 9.09. The zero-order valence-electron chi connectivity index (χ0n) is 23.3. The van der Waals surface area contributed by atoms with E-state index in [0.29, 0.717) is 51.8 Å². The summed E-state index contributed by atoms with van der Waals surface area (Å²) in [6.07, 6.45) is -0.604. The van der Waals surface area contributed by atoms with Gasteiger partial charge in [-0.25, -0.2) is 14.2 Å². The van der Waals surface area contributed by atoms with Gasteiger partial charge in [0.15, 0.2) is 5.60 Å². The molecule has 3 unspecified atom stereocenters. The van der Waals surface area contributed by atoms with E-state index in [4.69, 9.17) is 9.72 Å². The lowest BCUT2D eigenvalue weighted by Gasteiger charge is -2.33. The average Bonchev–Trinajstić information content (AvgIpc) is 3.32. The molecule has 1 amide bonds. The van der Waals surface area contributed by atoms with Gasteiger partial charge >= 0.3 is 5.97 Å². The van der Waals surface area contributed by atoms with E-state index in [-0.39, 0.29) is 30.7 Å². The minimum atomic E-state index is -1.99. The molecule has 216 valence electrons. The third kappa shape index (κ3) is 3.79. The van der Waals surface area contributed by atoms with Crippen LogP contribution in [0.15, 0.2) is 16.9 Å². The summed E-state index contributed by atoms with van der Waals surface area (Å²) in [7, 11) is 0. The van der Waals surface area contributed by atoms with Gasteiger partial charge in [-0.3, -0.25) is 9.59 Å². The topological polar surface area (TPSA) is 151 Å². The van der Waals surface area contributed by atoms with Gasteiger partial charge in [0.2, 0.25) is 5.91 Å². The van der Waals surface area contributed by atoms with Crippen molar-refractivity contribution in [3.63, 3.8) is 0 Å². The number of aliphatic hydroxyl groups excluding tert-OH is 2. The quantitative estimate of drug-likeness (QED) is 0.268.